The normalized spacial score (nSPS) is 22.4. The van der Waals surface area contributed by atoms with Crippen LogP contribution in [0.15, 0.2) is 59.4 Å². The van der Waals surface area contributed by atoms with E-state index in [-0.39, 0.29) is 11.5 Å². The van der Waals surface area contributed by atoms with Crippen molar-refractivity contribution in [2.24, 2.45) is 4.99 Å². The second-order valence-electron chi connectivity index (χ2n) is 8.25. The van der Waals surface area contributed by atoms with Crippen LogP contribution in [0.3, 0.4) is 0 Å². The maximum atomic E-state index is 10.3. The smallest absolute Gasteiger partial charge is 0.215 e. The van der Waals surface area contributed by atoms with Crippen LogP contribution in [-0.4, -0.2) is 53.3 Å². The van der Waals surface area contributed by atoms with Crippen molar-refractivity contribution in [3.05, 3.63) is 59.9 Å². The second kappa shape index (κ2) is 8.28. The summed E-state index contributed by atoms with van der Waals surface area (Å²) < 4.78 is 5.94. The van der Waals surface area contributed by atoms with Crippen LogP contribution in [-0.2, 0) is 4.74 Å². The van der Waals surface area contributed by atoms with Crippen LogP contribution in [0.25, 0.3) is 0 Å². The molecule has 0 bridgehead atoms. The number of ether oxygens (including phenoxy) is 1. The molecule has 0 spiro atoms. The maximum absolute atomic E-state index is 10.3. The highest BCUT2D eigenvalue weighted by Gasteiger charge is 2.32. The monoisotopic (exact) mass is 369 g/mol. The van der Waals surface area contributed by atoms with Crippen LogP contribution in [0.2, 0.25) is 0 Å². The van der Waals surface area contributed by atoms with Crippen molar-refractivity contribution in [3.8, 4) is 0 Å². The van der Waals surface area contributed by atoms with Gasteiger partial charge in [0.25, 0.3) is 0 Å². The first-order valence-corrected chi connectivity index (χ1v) is 9.69. The average molecular weight is 370 g/mol. The van der Waals surface area contributed by atoms with Crippen LogP contribution in [0, 0.1) is 0 Å². The molecule has 0 fully saturated rings. The molecule has 0 aliphatic carbocycles. The Hall–Kier alpha value is -2.11. The number of aliphatic hydroxyl groups is 1. The van der Waals surface area contributed by atoms with Crippen molar-refractivity contribution >= 4 is 5.90 Å². The summed E-state index contributed by atoms with van der Waals surface area (Å²) in [6, 6.07) is 10.7. The topological polar surface area (TPSA) is 57.1 Å². The first kappa shape index (κ1) is 19.6. The first-order valence-electron chi connectivity index (χ1n) is 9.69. The van der Waals surface area contributed by atoms with Crippen molar-refractivity contribution in [3.63, 3.8) is 0 Å². The SMILES string of the molecule is CC(C)NCC(O)CN1C=CC(c2ccccc2)C(C2=NC(C)(C)CO2)=C1. The van der Waals surface area contributed by atoms with Gasteiger partial charge in [-0.2, -0.15) is 0 Å². The lowest BCUT2D eigenvalue weighted by Crippen LogP contribution is -2.38. The van der Waals surface area contributed by atoms with E-state index in [0.29, 0.717) is 31.6 Å². The highest BCUT2D eigenvalue weighted by molar-refractivity contribution is 5.97. The summed E-state index contributed by atoms with van der Waals surface area (Å²) in [5, 5.41) is 13.6. The summed E-state index contributed by atoms with van der Waals surface area (Å²) in [6.45, 7) is 9.99. The molecular formula is C22H31N3O2. The van der Waals surface area contributed by atoms with E-state index >= 15 is 0 Å². The fourth-order valence-corrected chi connectivity index (χ4v) is 3.27. The summed E-state index contributed by atoms with van der Waals surface area (Å²) >= 11 is 0. The molecule has 0 aromatic heterocycles. The minimum Gasteiger partial charge on any atom is -0.475 e. The summed E-state index contributed by atoms with van der Waals surface area (Å²) in [5.41, 5.74) is 2.04. The largest absolute Gasteiger partial charge is 0.475 e. The minimum atomic E-state index is -0.453. The van der Waals surface area contributed by atoms with E-state index in [0.717, 1.165) is 5.57 Å². The van der Waals surface area contributed by atoms with Gasteiger partial charge in [-0.05, 0) is 19.4 Å². The maximum Gasteiger partial charge on any atom is 0.215 e. The van der Waals surface area contributed by atoms with Gasteiger partial charge in [0.2, 0.25) is 5.90 Å². The van der Waals surface area contributed by atoms with Crippen molar-refractivity contribution in [1.82, 2.24) is 10.2 Å². The molecule has 2 heterocycles. The van der Waals surface area contributed by atoms with Gasteiger partial charge in [-0.1, -0.05) is 50.3 Å². The molecule has 0 radical (unpaired) electrons. The lowest BCUT2D eigenvalue weighted by molar-refractivity contribution is 0.144. The second-order valence-corrected chi connectivity index (χ2v) is 8.25. The predicted molar refractivity (Wildman–Crippen MR) is 110 cm³/mol. The van der Waals surface area contributed by atoms with Crippen molar-refractivity contribution < 1.29 is 9.84 Å². The van der Waals surface area contributed by atoms with Gasteiger partial charge in [-0.25, -0.2) is 4.99 Å². The van der Waals surface area contributed by atoms with E-state index in [2.05, 4.69) is 69.6 Å². The number of nitrogens with zero attached hydrogens (tertiary/aromatic N) is 2. The number of aliphatic imine (C=N–C) groups is 1. The van der Waals surface area contributed by atoms with Gasteiger partial charge in [0.05, 0.1) is 11.6 Å². The zero-order valence-electron chi connectivity index (χ0n) is 16.7. The number of rotatable bonds is 7. The lowest BCUT2D eigenvalue weighted by Gasteiger charge is -2.28. The first-order chi connectivity index (χ1) is 12.8. The van der Waals surface area contributed by atoms with Crippen molar-refractivity contribution in [1.29, 1.82) is 0 Å². The third-order valence-corrected chi connectivity index (χ3v) is 4.67. The van der Waals surface area contributed by atoms with Crippen molar-refractivity contribution in [2.45, 2.75) is 51.3 Å². The van der Waals surface area contributed by atoms with Gasteiger partial charge >= 0.3 is 0 Å². The summed E-state index contributed by atoms with van der Waals surface area (Å²) in [4.78, 5) is 6.81. The Balaban J connectivity index is 1.81. The van der Waals surface area contributed by atoms with Crippen LogP contribution in [0.5, 0.6) is 0 Å². The van der Waals surface area contributed by atoms with E-state index in [1.807, 2.05) is 17.2 Å². The molecule has 27 heavy (non-hydrogen) atoms. The zero-order chi connectivity index (χ0) is 19.4. The molecule has 0 saturated heterocycles. The molecule has 5 nitrogen and oxygen atoms in total. The lowest BCUT2D eigenvalue weighted by atomic mass is 9.89. The van der Waals surface area contributed by atoms with E-state index in [1.165, 1.54) is 5.56 Å². The number of allylic oxidation sites excluding steroid dienone is 1. The van der Waals surface area contributed by atoms with E-state index in [9.17, 15) is 5.11 Å². The van der Waals surface area contributed by atoms with Crippen LogP contribution in [0.4, 0.5) is 0 Å². The summed E-state index contributed by atoms with van der Waals surface area (Å²) in [5.74, 6) is 0.805. The Bertz CT molecular complexity index is 722. The van der Waals surface area contributed by atoms with E-state index < -0.39 is 6.10 Å². The highest BCUT2D eigenvalue weighted by atomic mass is 16.5. The molecule has 1 aromatic rings. The van der Waals surface area contributed by atoms with E-state index in [1.54, 1.807) is 0 Å². The molecule has 0 amide bonds. The van der Waals surface area contributed by atoms with Gasteiger partial charge in [0.1, 0.15) is 6.61 Å². The Labute approximate surface area is 162 Å². The standard InChI is InChI=1S/C22H31N3O2/c1-16(2)23-12-18(26)13-25-11-10-19(17-8-6-5-7-9-17)20(14-25)21-24-22(3,4)15-27-21/h5-11,14,16,18-19,23,26H,12-13,15H2,1-4H3. The van der Waals surface area contributed by atoms with Crippen molar-refractivity contribution in [2.75, 3.05) is 19.7 Å². The molecule has 3 rings (SSSR count). The molecule has 146 valence electrons. The molecule has 0 saturated carbocycles. The zero-order valence-corrected chi connectivity index (χ0v) is 16.7. The predicted octanol–water partition coefficient (Wildman–Crippen LogP) is 3.05. The average Bonchev–Trinajstić information content (AvgIpc) is 3.00. The van der Waals surface area contributed by atoms with Crippen LogP contribution in [0.1, 0.15) is 39.2 Å². The molecule has 2 unspecified atom stereocenters. The molecular weight excluding hydrogens is 338 g/mol. The summed E-state index contributed by atoms with van der Waals surface area (Å²) in [7, 11) is 0. The van der Waals surface area contributed by atoms with Gasteiger partial charge in [-0.3, -0.25) is 0 Å². The molecule has 2 N–H and O–H groups in total. The molecule has 2 aliphatic heterocycles. The Kier molecular flexibility index (Phi) is 6.02. The fourth-order valence-electron chi connectivity index (χ4n) is 3.27. The number of nitrogens with one attached hydrogen (secondary N) is 1. The molecule has 1 aromatic carbocycles. The molecule has 2 aliphatic rings. The third-order valence-electron chi connectivity index (χ3n) is 4.67. The highest BCUT2D eigenvalue weighted by Crippen LogP contribution is 2.34. The van der Waals surface area contributed by atoms with Gasteiger partial charge < -0.3 is 20.1 Å². The van der Waals surface area contributed by atoms with Crippen LogP contribution >= 0.6 is 0 Å². The summed E-state index contributed by atoms with van der Waals surface area (Å²) in [6.07, 6.45) is 5.81. The minimum absolute atomic E-state index is 0.0982. The quantitative estimate of drug-likeness (QED) is 0.776. The van der Waals surface area contributed by atoms with E-state index in [4.69, 9.17) is 9.73 Å². The number of aliphatic hydroxyl groups excluding tert-OH is 1. The number of benzene rings is 1. The van der Waals surface area contributed by atoms with Gasteiger partial charge in [0.15, 0.2) is 0 Å². The molecule has 2 atom stereocenters. The van der Waals surface area contributed by atoms with Gasteiger partial charge in [-0.15, -0.1) is 0 Å². The Morgan fingerprint density at radius 1 is 1.30 bits per heavy atom. The fraction of sp³-hybridized carbons (Fsp3) is 0.500. The van der Waals surface area contributed by atoms with Crippen LogP contribution < -0.4 is 5.32 Å². The number of hydrogen-bond acceptors (Lipinski definition) is 5. The van der Waals surface area contributed by atoms with Gasteiger partial charge in [0, 0.05) is 43.0 Å². The number of hydrogen-bond donors (Lipinski definition) is 2. The Morgan fingerprint density at radius 3 is 2.67 bits per heavy atom. The third kappa shape index (κ3) is 5.21. The Morgan fingerprint density at radius 2 is 2.04 bits per heavy atom. The number of β-amino-alcohol motifs (C(OH)–C–C–N with tert-alkyl or cyclic N) is 1. The molecule has 5 heteroatoms.